The molecule has 16 heavy (non-hydrogen) atoms. The minimum atomic E-state index is 0.724. The van der Waals surface area contributed by atoms with E-state index in [4.69, 9.17) is 0 Å². The van der Waals surface area contributed by atoms with E-state index < -0.39 is 0 Å². The molecule has 1 heterocycles. The third-order valence-corrected chi connectivity index (χ3v) is 2.68. The van der Waals surface area contributed by atoms with Crippen LogP contribution in [0.15, 0.2) is 0 Å². The lowest BCUT2D eigenvalue weighted by atomic mass is 9.99. The van der Waals surface area contributed by atoms with E-state index in [9.17, 15) is 0 Å². The van der Waals surface area contributed by atoms with Crippen molar-refractivity contribution in [2.24, 2.45) is 13.0 Å². The van der Waals surface area contributed by atoms with E-state index in [1.807, 2.05) is 25.6 Å². The average molecular weight is 225 g/mol. The lowest BCUT2D eigenvalue weighted by Crippen LogP contribution is -2.04. The third kappa shape index (κ3) is 4.33. The number of hydrogen-bond acceptors (Lipinski definition) is 2. The van der Waals surface area contributed by atoms with Crippen LogP contribution in [0.25, 0.3) is 0 Å². The molecule has 0 N–H and O–H groups in total. The molecule has 0 spiro atoms. The SMILES string of the molecule is CC.CCCC(C)Cc1nnn(C)c1CC. The maximum Gasteiger partial charge on any atom is 0.0861 e. The first-order valence-electron chi connectivity index (χ1n) is 6.56. The van der Waals surface area contributed by atoms with E-state index in [2.05, 4.69) is 31.1 Å². The van der Waals surface area contributed by atoms with Crippen molar-refractivity contribution in [3.63, 3.8) is 0 Å². The average Bonchev–Trinajstić information content (AvgIpc) is 2.62. The van der Waals surface area contributed by atoms with Crippen molar-refractivity contribution >= 4 is 0 Å². The maximum atomic E-state index is 4.22. The molecule has 1 unspecified atom stereocenters. The summed E-state index contributed by atoms with van der Waals surface area (Å²) in [6.07, 6.45) is 4.63. The highest BCUT2D eigenvalue weighted by Crippen LogP contribution is 2.14. The van der Waals surface area contributed by atoms with Crippen LogP contribution in [0.5, 0.6) is 0 Å². The monoisotopic (exact) mass is 225 g/mol. The van der Waals surface area contributed by atoms with Gasteiger partial charge in [0, 0.05) is 7.05 Å². The molecule has 0 saturated heterocycles. The van der Waals surface area contributed by atoms with Crippen molar-refractivity contribution < 1.29 is 0 Å². The van der Waals surface area contributed by atoms with Crippen molar-refractivity contribution in [1.29, 1.82) is 0 Å². The van der Waals surface area contributed by atoms with Crippen LogP contribution in [-0.2, 0) is 19.9 Å². The summed E-state index contributed by atoms with van der Waals surface area (Å²) >= 11 is 0. The molecule has 0 amide bonds. The van der Waals surface area contributed by atoms with E-state index in [0.29, 0.717) is 0 Å². The Hall–Kier alpha value is -0.860. The Labute approximate surface area is 100 Å². The Bertz CT molecular complexity index is 279. The first-order valence-corrected chi connectivity index (χ1v) is 6.56. The Morgan fingerprint density at radius 1 is 1.25 bits per heavy atom. The Balaban J connectivity index is 0.00000106. The van der Waals surface area contributed by atoms with Crippen LogP contribution < -0.4 is 0 Å². The van der Waals surface area contributed by atoms with Gasteiger partial charge in [-0.1, -0.05) is 52.7 Å². The Kier molecular flexibility index (Phi) is 7.86. The van der Waals surface area contributed by atoms with Crippen LogP contribution in [0.1, 0.15) is 58.8 Å². The smallest absolute Gasteiger partial charge is 0.0861 e. The van der Waals surface area contributed by atoms with Crippen LogP contribution in [0.2, 0.25) is 0 Å². The van der Waals surface area contributed by atoms with Crippen LogP contribution in [-0.4, -0.2) is 15.0 Å². The van der Waals surface area contributed by atoms with Gasteiger partial charge in [0.15, 0.2) is 0 Å². The number of aromatic nitrogens is 3. The fourth-order valence-electron chi connectivity index (χ4n) is 1.94. The molecule has 0 aliphatic carbocycles. The van der Waals surface area contributed by atoms with Crippen molar-refractivity contribution in [3.8, 4) is 0 Å². The van der Waals surface area contributed by atoms with Gasteiger partial charge in [0.2, 0.25) is 0 Å². The summed E-state index contributed by atoms with van der Waals surface area (Å²) in [6.45, 7) is 10.7. The van der Waals surface area contributed by atoms with Gasteiger partial charge in [-0.25, -0.2) is 0 Å². The standard InChI is InChI=1S/C11H21N3.C2H6/c1-5-7-9(3)8-10-11(6-2)14(4)13-12-10;1-2/h9H,5-8H2,1-4H3;1-2H3. The lowest BCUT2D eigenvalue weighted by Gasteiger charge is -2.08. The Morgan fingerprint density at radius 2 is 1.88 bits per heavy atom. The summed E-state index contributed by atoms with van der Waals surface area (Å²) in [5.41, 5.74) is 2.48. The summed E-state index contributed by atoms with van der Waals surface area (Å²) in [7, 11) is 1.97. The van der Waals surface area contributed by atoms with Crippen molar-refractivity contribution in [2.75, 3.05) is 0 Å². The summed E-state index contributed by atoms with van der Waals surface area (Å²) in [5.74, 6) is 0.724. The molecule has 0 aliphatic heterocycles. The Morgan fingerprint density at radius 3 is 2.38 bits per heavy atom. The summed E-state index contributed by atoms with van der Waals surface area (Å²) in [4.78, 5) is 0. The lowest BCUT2D eigenvalue weighted by molar-refractivity contribution is 0.514. The molecule has 0 saturated carbocycles. The molecule has 94 valence electrons. The zero-order chi connectivity index (χ0) is 12.6. The fourth-order valence-corrected chi connectivity index (χ4v) is 1.94. The minimum absolute atomic E-state index is 0.724. The van der Waals surface area contributed by atoms with Gasteiger partial charge < -0.3 is 0 Å². The van der Waals surface area contributed by atoms with Crippen LogP contribution in [0, 0.1) is 5.92 Å². The van der Waals surface area contributed by atoms with E-state index >= 15 is 0 Å². The molecule has 3 heteroatoms. The molecule has 0 bridgehead atoms. The number of aryl methyl sites for hydroxylation is 1. The topological polar surface area (TPSA) is 30.7 Å². The summed E-state index contributed by atoms with van der Waals surface area (Å²) in [5, 5.41) is 8.29. The molecule has 1 aromatic rings. The highest BCUT2D eigenvalue weighted by Gasteiger charge is 2.11. The number of nitrogens with zero attached hydrogens (tertiary/aromatic N) is 3. The van der Waals surface area contributed by atoms with E-state index in [1.165, 1.54) is 24.2 Å². The molecular formula is C13H27N3. The molecular weight excluding hydrogens is 198 g/mol. The second kappa shape index (κ2) is 8.31. The first kappa shape index (κ1) is 15.1. The fraction of sp³-hybridized carbons (Fsp3) is 0.846. The molecule has 0 radical (unpaired) electrons. The van der Waals surface area contributed by atoms with Gasteiger partial charge >= 0.3 is 0 Å². The normalized spacial score (nSPS) is 11.9. The largest absolute Gasteiger partial charge is 0.252 e. The second-order valence-corrected chi connectivity index (χ2v) is 4.06. The third-order valence-electron chi connectivity index (χ3n) is 2.68. The van der Waals surface area contributed by atoms with E-state index in [0.717, 1.165) is 18.8 Å². The van der Waals surface area contributed by atoms with Gasteiger partial charge in [0.25, 0.3) is 0 Å². The maximum absolute atomic E-state index is 4.22. The zero-order valence-electron chi connectivity index (χ0n) is 11.7. The molecule has 1 aromatic heterocycles. The second-order valence-electron chi connectivity index (χ2n) is 4.06. The summed E-state index contributed by atoms with van der Waals surface area (Å²) < 4.78 is 1.90. The molecule has 0 fully saturated rings. The highest BCUT2D eigenvalue weighted by molar-refractivity contribution is 5.10. The van der Waals surface area contributed by atoms with Gasteiger partial charge in [0.05, 0.1) is 11.4 Å². The van der Waals surface area contributed by atoms with Gasteiger partial charge in [0.1, 0.15) is 0 Å². The van der Waals surface area contributed by atoms with Crippen LogP contribution in [0.3, 0.4) is 0 Å². The zero-order valence-corrected chi connectivity index (χ0v) is 11.7. The van der Waals surface area contributed by atoms with Crippen LogP contribution in [0.4, 0.5) is 0 Å². The van der Waals surface area contributed by atoms with Gasteiger partial charge in [-0.05, 0) is 18.8 Å². The van der Waals surface area contributed by atoms with Gasteiger partial charge in [-0.3, -0.25) is 4.68 Å². The first-order chi connectivity index (χ1) is 7.69. The molecule has 0 aromatic carbocycles. The minimum Gasteiger partial charge on any atom is -0.252 e. The van der Waals surface area contributed by atoms with Crippen molar-refractivity contribution in [3.05, 3.63) is 11.4 Å². The van der Waals surface area contributed by atoms with E-state index in [1.54, 1.807) is 0 Å². The van der Waals surface area contributed by atoms with E-state index in [-0.39, 0.29) is 0 Å². The number of rotatable bonds is 5. The van der Waals surface area contributed by atoms with Crippen molar-refractivity contribution in [1.82, 2.24) is 15.0 Å². The van der Waals surface area contributed by atoms with Crippen LogP contribution >= 0.6 is 0 Å². The predicted octanol–water partition coefficient (Wildman–Crippen LogP) is 3.38. The highest BCUT2D eigenvalue weighted by atomic mass is 15.4. The van der Waals surface area contributed by atoms with Gasteiger partial charge in [-0.15, -0.1) is 5.10 Å². The molecule has 0 aliphatic rings. The number of hydrogen-bond donors (Lipinski definition) is 0. The molecule has 1 atom stereocenters. The van der Waals surface area contributed by atoms with Gasteiger partial charge in [-0.2, -0.15) is 0 Å². The van der Waals surface area contributed by atoms with Crippen molar-refractivity contribution in [2.45, 2.75) is 60.3 Å². The predicted molar refractivity (Wildman–Crippen MR) is 69.5 cm³/mol. The summed E-state index contributed by atoms with van der Waals surface area (Å²) in [6, 6.07) is 0. The molecule has 3 nitrogen and oxygen atoms in total. The quantitative estimate of drug-likeness (QED) is 0.769. The molecule has 1 rings (SSSR count).